The number of aliphatic hydroxyl groups is 1. The van der Waals surface area contributed by atoms with E-state index in [0.29, 0.717) is 11.0 Å². The van der Waals surface area contributed by atoms with Gasteiger partial charge in [0.05, 0.1) is 0 Å². The quantitative estimate of drug-likeness (QED) is 0.891. The van der Waals surface area contributed by atoms with Crippen molar-refractivity contribution in [1.82, 2.24) is 15.1 Å². The molecule has 1 aromatic carbocycles. The molecule has 1 fully saturated rings. The molecule has 2 amide bonds. The maximum absolute atomic E-state index is 12.4. The molecule has 0 unspecified atom stereocenters. The van der Waals surface area contributed by atoms with E-state index in [2.05, 4.69) is 15.5 Å². The van der Waals surface area contributed by atoms with E-state index < -0.39 is 0 Å². The molecule has 0 radical (unpaired) electrons. The van der Waals surface area contributed by atoms with Crippen LogP contribution in [0.5, 0.6) is 0 Å². The van der Waals surface area contributed by atoms with Crippen LogP contribution in [0.1, 0.15) is 25.7 Å². The number of nitrogens with zero attached hydrogens (tertiary/aromatic N) is 3. The van der Waals surface area contributed by atoms with E-state index in [1.807, 2.05) is 37.4 Å². The smallest absolute Gasteiger partial charge is 0.323 e. The van der Waals surface area contributed by atoms with Crippen LogP contribution in [0.3, 0.4) is 0 Å². The van der Waals surface area contributed by atoms with Gasteiger partial charge < -0.3 is 10.0 Å². The summed E-state index contributed by atoms with van der Waals surface area (Å²) in [6.07, 6.45) is 3.80. The van der Waals surface area contributed by atoms with Crippen LogP contribution in [0.15, 0.2) is 30.3 Å². The van der Waals surface area contributed by atoms with Gasteiger partial charge in [0, 0.05) is 25.3 Å². The Labute approximate surface area is 145 Å². The summed E-state index contributed by atoms with van der Waals surface area (Å²) < 4.78 is 0. The molecular formula is C17H22N4O2S. The largest absolute Gasteiger partial charge is 0.396 e. The van der Waals surface area contributed by atoms with Crippen LogP contribution in [0.4, 0.5) is 9.93 Å². The zero-order chi connectivity index (χ0) is 16.9. The van der Waals surface area contributed by atoms with Crippen LogP contribution in [-0.4, -0.2) is 45.9 Å². The summed E-state index contributed by atoms with van der Waals surface area (Å²) >= 11 is 1.37. The minimum Gasteiger partial charge on any atom is -0.396 e. The van der Waals surface area contributed by atoms with Crippen molar-refractivity contribution in [1.29, 1.82) is 0 Å². The first-order valence-corrected chi connectivity index (χ1v) is 9.02. The summed E-state index contributed by atoms with van der Waals surface area (Å²) in [5.41, 5.74) is 0.992. The topological polar surface area (TPSA) is 78.4 Å². The Hall–Kier alpha value is -1.99. The average Bonchev–Trinajstić information content (AvgIpc) is 3.10. The molecule has 1 saturated carbocycles. The zero-order valence-electron chi connectivity index (χ0n) is 13.7. The summed E-state index contributed by atoms with van der Waals surface area (Å²) in [7, 11) is 1.82. The Morgan fingerprint density at radius 1 is 1.25 bits per heavy atom. The molecule has 0 saturated heterocycles. The monoisotopic (exact) mass is 346 g/mol. The molecule has 7 heteroatoms. The van der Waals surface area contributed by atoms with E-state index in [0.717, 1.165) is 36.3 Å². The van der Waals surface area contributed by atoms with Crippen molar-refractivity contribution in [2.45, 2.75) is 31.7 Å². The standard InChI is InChI=1S/C17H22N4O2S/c1-21(14-9-7-12(11-22)8-10-14)17(23)18-16-20-19-15(24-16)13-5-3-2-4-6-13/h2-6,12,14,22H,7-11H2,1H3,(H,18,20,23). The van der Waals surface area contributed by atoms with E-state index in [1.54, 1.807) is 4.90 Å². The van der Waals surface area contributed by atoms with Crippen molar-refractivity contribution in [3.05, 3.63) is 30.3 Å². The molecule has 1 aliphatic carbocycles. The normalized spacial score (nSPS) is 20.6. The van der Waals surface area contributed by atoms with Gasteiger partial charge in [0.2, 0.25) is 5.13 Å². The van der Waals surface area contributed by atoms with Gasteiger partial charge in [0.25, 0.3) is 0 Å². The molecule has 0 spiro atoms. The number of nitrogens with one attached hydrogen (secondary N) is 1. The number of anilines is 1. The van der Waals surface area contributed by atoms with Gasteiger partial charge in [0.15, 0.2) is 0 Å². The van der Waals surface area contributed by atoms with Crippen molar-refractivity contribution >= 4 is 22.5 Å². The Morgan fingerprint density at radius 2 is 1.96 bits per heavy atom. The number of hydrogen-bond acceptors (Lipinski definition) is 5. The second-order valence-electron chi connectivity index (χ2n) is 6.18. The molecule has 3 rings (SSSR count). The predicted molar refractivity (Wildman–Crippen MR) is 95.0 cm³/mol. The second-order valence-corrected chi connectivity index (χ2v) is 7.15. The molecule has 2 aromatic rings. The third kappa shape index (κ3) is 3.91. The van der Waals surface area contributed by atoms with Gasteiger partial charge in [-0.25, -0.2) is 4.79 Å². The van der Waals surface area contributed by atoms with Crippen LogP contribution < -0.4 is 5.32 Å². The van der Waals surface area contributed by atoms with Crippen molar-refractivity contribution < 1.29 is 9.90 Å². The van der Waals surface area contributed by atoms with Crippen LogP contribution in [-0.2, 0) is 0 Å². The Bertz CT molecular complexity index is 668. The lowest BCUT2D eigenvalue weighted by Crippen LogP contribution is -2.42. The number of aliphatic hydroxyl groups excluding tert-OH is 1. The van der Waals surface area contributed by atoms with Crippen LogP contribution >= 0.6 is 11.3 Å². The minimum atomic E-state index is -0.154. The van der Waals surface area contributed by atoms with E-state index in [4.69, 9.17) is 0 Å². The molecule has 2 N–H and O–H groups in total. The summed E-state index contributed by atoms with van der Waals surface area (Å²) in [4.78, 5) is 14.2. The van der Waals surface area contributed by atoms with Crippen molar-refractivity contribution in [3.63, 3.8) is 0 Å². The maximum Gasteiger partial charge on any atom is 0.323 e. The number of benzene rings is 1. The highest BCUT2D eigenvalue weighted by Gasteiger charge is 2.26. The van der Waals surface area contributed by atoms with Gasteiger partial charge in [-0.1, -0.05) is 41.7 Å². The minimum absolute atomic E-state index is 0.154. The van der Waals surface area contributed by atoms with Gasteiger partial charge >= 0.3 is 6.03 Å². The van der Waals surface area contributed by atoms with Crippen LogP contribution in [0.2, 0.25) is 0 Å². The molecule has 1 aromatic heterocycles. The summed E-state index contributed by atoms with van der Waals surface area (Å²) in [5.74, 6) is 0.384. The maximum atomic E-state index is 12.4. The number of hydrogen-bond donors (Lipinski definition) is 2. The third-order valence-electron chi connectivity index (χ3n) is 4.60. The fourth-order valence-electron chi connectivity index (χ4n) is 3.03. The number of amides is 2. The van der Waals surface area contributed by atoms with Crippen molar-refractivity contribution in [3.8, 4) is 10.6 Å². The van der Waals surface area contributed by atoms with E-state index >= 15 is 0 Å². The molecule has 6 nitrogen and oxygen atoms in total. The number of carbonyl (C=O) groups is 1. The molecule has 128 valence electrons. The fourth-order valence-corrected chi connectivity index (χ4v) is 3.77. The number of urea groups is 1. The molecule has 1 heterocycles. The third-order valence-corrected chi connectivity index (χ3v) is 5.49. The van der Waals surface area contributed by atoms with Gasteiger partial charge in [-0.15, -0.1) is 10.2 Å². The summed E-state index contributed by atoms with van der Waals surface area (Å²) in [6.45, 7) is 0.246. The molecule has 0 aliphatic heterocycles. The Morgan fingerprint density at radius 3 is 2.62 bits per heavy atom. The first-order chi connectivity index (χ1) is 11.7. The lowest BCUT2D eigenvalue weighted by atomic mass is 9.86. The average molecular weight is 346 g/mol. The van der Waals surface area contributed by atoms with Gasteiger partial charge in [-0.05, 0) is 31.6 Å². The number of rotatable bonds is 4. The lowest BCUT2D eigenvalue weighted by Gasteiger charge is -2.33. The first-order valence-electron chi connectivity index (χ1n) is 8.21. The number of aromatic nitrogens is 2. The highest BCUT2D eigenvalue weighted by Crippen LogP contribution is 2.28. The highest BCUT2D eigenvalue weighted by atomic mass is 32.1. The fraction of sp³-hybridized carbons (Fsp3) is 0.471. The summed E-state index contributed by atoms with van der Waals surface area (Å²) in [6, 6.07) is 9.85. The number of carbonyl (C=O) groups excluding carboxylic acids is 1. The van der Waals surface area contributed by atoms with Crippen LogP contribution in [0, 0.1) is 5.92 Å². The van der Waals surface area contributed by atoms with E-state index in [1.165, 1.54) is 11.3 Å². The zero-order valence-corrected chi connectivity index (χ0v) is 14.5. The molecular weight excluding hydrogens is 324 g/mol. The van der Waals surface area contributed by atoms with E-state index in [9.17, 15) is 9.90 Å². The highest BCUT2D eigenvalue weighted by molar-refractivity contribution is 7.18. The van der Waals surface area contributed by atoms with Gasteiger partial charge in [-0.3, -0.25) is 5.32 Å². The van der Waals surface area contributed by atoms with Gasteiger partial charge in [-0.2, -0.15) is 0 Å². The Kier molecular flexibility index (Phi) is 5.42. The lowest BCUT2D eigenvalue weighted by molar-refractivity contribution is 0.139. The molecule has 0 bridgehead atoms. The van der Waals surface area contributed by atoms with E-state index in [-0.39, 0.29) is 18.7 Å². The van der Waals surface area contributed by atoms with Crippen LogP contribution in [0.25, 0.3) is 10.6 Å². The SMILES string of the molecule is CN(C(=O)Nc1nnc(-c2ccccc2)s1)C1CCC(CO)CC1. The predicted octanol–water partition coefficient (Wildman–Crippen LogP) is 3.22. The molecule has 0 atom stereocenters. The second kappa shape index (κ2) is 7.72. The first kappa shape index (κ1) is 16.9. The van der Waals surface area contributed by atoms with Gasteiger partial charge in [0.1, 0.15) is 5.01 Å². The molecule has 1 aliphatic rings. The van der Waals surface area contributed by atoms with Crippen molar-refractivity contribution in [2.24, 2.45) is 5.92 Å². The van der Waals surface area contributed by atoms with Crippen molar-refractivity contribution in [2.75, 3.05) is 19.0 Å². The molecule has 24 heavy (non-hydrogen) atoms. The Balaban J connectivity index is 1.58. The summed E-state index contributed by atoms with van der Waals surface area (Å²) in [5, 5.41) is 21.5.